The summed E-state index contributed by atoms with van der Waals surface area (Å²) in [5.74, 6) is 0.398. The van der Waals surface area contributed by atoms with E-state index in [1.807, 2.05) is 30.5 Å². The summed E-state index contributed by atoms with van der Waals surface area (Å²) in [6.45, 7) is 5.85. The minimum absolute atomic E-state index is 0.0945. The minimum atomic E-state index is -1.52. The van der Waals surface area contributed by atoms with E-state index in [2.05, 4.69) is 10.3 Å². The Labute approximate surface area is 241 Å². The number of methoxy groups -OCH3 is 2. The monoisotopic (exact) mass is 576 g/mol. The maximum Gasteiger partial charge on any atom is 0.261 e. The highest BCUT2D eigenvalue weighted by Crippen LogP contribution is 2.56. The van der Waals surface area contributed by atoms with Crippen LogP contribution in [-0.2, 0) is 10.3 Å². The number of hydrogen-bond acceptors (Lipinski definition) is 5. The lowest BCUT2D eigenvalue weighted by Gasteiger charge is -2.36. The molecule has 0 fully saturated rings. The molecule has 2 aromatic heterocycles. The molecular weight excluding hydrogens is 551 g/mol. The fraction of sp³-hybridized carbons (Fsp3) is 0.233. The van der Waals surface area contributed by atoms with Gasteiger partial charge in [0.15, 0.2) is 5.54 Å². The van der Waals surface area contributed by atoms with Crippen LogP contribution in [0.1, 0.15) is 52.6 Å². The molecule has 204 valence electrons. The highest BCUT2D eigenvalue weighted by molar-refractivity contribution is 6.32. The zero-order chi connectivity index (χ0) is 28.5. The average molecular weight is 577 g/mol. The second-order valence-electron chi connectivity index (χ2n) is 10.1. The van der Waals surface area contributed by atoms with Gasteiger partial charge >= 0.3 is 0 Å². The van der Waals surface area contributed by atoms with Crippen LogP contribution in [0.15, 0.2) is 54.9 Å². The number of fused-ring (bicyclic) bond motifs is 4. The molecule has 6 rings (SSSR count). The van der Waals surface area contributed by atoms with Crippen molar-refractivity contribution < 1.29 is 19.1 Å². The van der Waals surface area contributed by atoms with Gasteiger partial charge in [0, 0.05) is 46.0 Å². The Morgan fingerprint density at radius 3 is 2.45 bits per heavy atom. The fourth-order valence-electron chi connectivity index (χ4n) is 5.95. The molecule has 10 heteroatoms. The Bertz CT molecular complexity index is 1730. The van der Waals surface area contributed by atoms with Gasteiger partial charge in [0.05, 0.1) is 41.9 Å². The van der Waals surface area contributed by atoms with Crippen molar-refractivity contribution in [3.05, 3.63) is 93.0 Å². The minimum Gasteiger partial charge on any atom is -0.497 e. The second-order valence-corrected chi connectivity index (χ2v) is 11.0. The molecule has 1 atom stereocenters. The first-order chi connectivity index (χ1) is 19.1. The van der Waals surface area contributed by atoms with Crippen LogP contribution in [0.2, 0.25) is 10.0 Å². The summed E-state index contributed by atoms with van der Waals surface area (Å²) < 4.78 is 13.1. The van der Waals surface area contributed by atoms with Gasteiger partial charge in [-0.05, 0) is 43.2 Å². The maximum absolute atomic E-state index is 14.5. The fourth-order valence-corrected chi connectivity index (χ4v) is 6.28. The number of aryl methyl sites for hydroxylation is 1. The van der Waals surface area contributed by atoms with Crippen LogP contribution in [0.5, 0.6) is 11.5 Å². The van der Waals surface area contributed by atoms with Crippen molar-refractivity contribution in [2.45, 2.75) is 32.2 Å². The molecule has 1 N–H and O–H groups in total. The van der Waals surface area contributed by atoms with E-state index in [1.54, 1.807) is 57.7 Å². The summed E-state index contributed by atoms with van der Waals surface area (Å²) in [5, 5.41) is 3.82. The molecule has 2 amide bonds. The van der Waals surface area contributed by atoms with E-state index in [1.165, 1.54) is 11.1 Å². The smallest absolute Gasteiger partial charge is 0.261 e. The van der Waals surface area contributed by atoms with Crippen LogP contribution in [0, 0.1) is 6.92 Å². The number of aromatic nitrogens is 2. The number of hydrogen-bond donors (Lipinski definition) is 1. The molecule has 1 spiro atoms. The number of halogens is 2. The third-order valence-electron chi connectivity index (χ3n) is 7.58. The van der Waals surface area contributed by atoms with Gasteiger partial charge in [-0.2, -0.15) is 0 Å². The summed E-state index contributed by atoms with van der Waals surface area (Å²) in [4.78, 5) is 34.8. The zero-order valence-corrected chi connectivity index (χ0v) is 24.0. The van der Waals surface area contributed by atoms with E-state index in [0.717, 1.165) is 5.69 Å². The molecule has 0 radical (unpaired) electrons. The van der Waals surface area contributed by atoms with Crippen molar-refractivity contribution in [3.8, 4) is 17.2 Å². The van der Waals surface area contributed by atoms with Gasteiger partial charge in [0.2, 0.25) is 0 Å². The first-order valence-electron chi connectivity index (χ1n) is 12.7. The lowest BCUT2D eigenvalue weighted by molar-refractivity contribution is -0.119. The predicted octanol–water partition coefficient (Wildman–Crippen LogP) is 6.48. The van der Waals surface area contributed by atoms with Crippen LogP contribution in [0.4, 0.5) is 11.4 Å². The van der Waals surface area contributed by atoms with Crippen molar-refractivity contribution in [1.29, 1.82) is 0 Å². The first-order valence-corrected chi connectivity index (χ1v) is 13.4. The van der Waals surface area contributed by atoms with Crippen LogP contribution in [-0.4, -0.2) is 35.6 Å². The Morgan fingerprint density at radius 2 is 1.75 bits per heavy atom. The summed E-state index contributed by atoms with van der Waals surface area (Å²) >= 11 is 12.7. The number of amides is 2. The SMILES string of the molecule is COc1ccc(-n2cc3c(c2C(C)C)[C@@]2(C(=O)Nc4cc(Cl)ccc42)N(c2cc(Cl)cnc2C)C3=O)c(OC)c1. The molecule has 0 unspecified atom stereocenters. The van der Waals surface area contributed by atoms with E-state index < -0.39 is 5.54 Å². The van der Waals surface area contributed by atoms with Crippen molar-refractivity contribution in [2.24, 2.45) is 0 Å². The molecule has 8 nitrogen and oxygen atoms in total. The number of ether oxygens (including phenoxy) is 2. The second kappa shape index (κ2) is 9.28. The molecule has 2 aromatic carbocycles. The molecule has 2 aliphatic heterocycles. The molecule has 0 aliphatic carbocycles. The number of pyridine rings is 1. The highest BCUT2D eigenvalue weighted by Gasteiger charge is 2.63. The van der Waals surface area contributed by atoms with Crippen LogP contribution < -0.4 is 19.7 Å². The quantitative estimate of drug-likeness (QED) is 0.293. The predicted molar refractivity (Wildman–Crippen MR) is 155 cm³/mol. The lowest BCUT2D eigenvalue weighted by Crippen LogP contribution is -2.51. The number of benzene rings is 2. The van der Waals surface area contributed by atoms with Gasteiger partial charge in [-0.15, -0.1) is 0 Å². The summed E-state index contributed by atoms with van der Waals surface area (Å²) in [7, 11) is 3.17. The molecule has 2 aliphatic rings. The normalized spacial score (nSPS) is 17.4. The Kier molecular flexibility index (Phi) is 6.09. The standard InChI is InChI=1S/C30H26Cl2N4O4/c1-15(2)27-26-20(14-35(27)23-9-7-19(39-4)12-25(23)40-5)28(37)36(24-11-18(32)13-33-16(24)3)30(26)21-8-6-17(31)10-22(21)34-29(30)38/h6-15H,1-5H3,(H,34,38)/t30-/m0/s1. The van der Waals surface area contributed by atoms with E-state index >= 15 is 0 Å². The van der Waals surface area contributed by atoms with Crippen LogP contribution in [0.25, 0.3) is 5.69 Å². The van der Waals surface area contributed by atoms with Gasteiger partial charge in [0.1, 0.15) is 11.5 Å². The lowest BCUT2D eigenvalue weighted by atomic mass is 9.81. The molecule has 4 heterocycles. The van der Waals surface area contributed by atoms with Gasteiger partial charge < -0.3 is 19.4 Å². The molecular formula is C30H26Cl2N4O4. The maximum atomic E-state index is 14.5. The number of nitrogens with one attached hydrogen (secondary N) is 1. The number of carbonyl (C=O) groups excluding carboxylic acids is 2. The third kappa shape index (κ3) is 3.49. The van der Waals surface area contributed by atoms with Crippen LogP contribution in [0.3, 0.4) is 0 Å². The summed E-state index contributed by atoms with van der Waals surface area (Å²) in [6, 6.07) is 12.4. The van der Waals surface area contributed by atoms with E-state index in [-0.39, 0.29) is 17.7 Å². The molecule has 0 saturated carbocycles. The first kappa shape index (κ1) is 26.2. The molecule has 4 aromatic rings. The average Bonchev–Trinajstić information content (AvgIpc) is 3.53. The highest BCUT2D eigenvalue weighted by atomic mass is 35.5. The van der Waals surface area contributed by atoms with Gasteiger partial charge in [-0.1, -0.05) is 43.1 Å². The topological polar surface area (TPSA) is 85.7 Å². The van der Waals surface area contributed by atoms with Crippen LogP contribution >= 0.6 is 23.2 Å². The molecule has 0 saturated heterocycles. The van der Waals surface area contributed by atoms with Crippen molar-refractivity contribution in [2.75, 3.05) is 24.4 Å². The van der Waals surface area contributed by atoms with E-state index in [4.69, 9.17) is 32.7 Å². The van der Waals surface area contributed by atoms with E-state index in [0.29, 0.717) is 61.0 Å². The van der Waals surface area contributed by atoms with Crippen molar-refractivity contribution >= 4 is 46.4 Å². The van der Waals surface area contributed by atoms with Crippen molar-refractivity contribution in [1.82, 2.24) is 9.55 Å². The number of anilines is 2. The number of carbonyl (C=O) groups is 2. The Hall–Kier alpha value is -4.01. The summed E-state index contributed by atoms with van der Waals surface area (Å²) in [6.07, 6.45) is 3.31. The Morgan fingerprint density at radius 1 is 0.975 bits per heavy atom. The van der Waals surface area contributed by atoms with Gasteiger partial charge in [-0.3, -0.25) is 19.5 Å². The molecule has 0 bridgehead atoms. The largest absolute Gasteiger partial charge is 0.497 e. The molecule has 40 heavy (non-hydrogen) atoms. The van der Waals surface area contributed by atoms with Gasteiger partial charge in [0.25, 0.3) is 11.8 Å². The van der Waals surface area contributed by atoms with Crippen molar-refractivity contribution in [3.63, 3.8) is 0 Å². The number of rotatable bonds is 5. The Balaban J connectivity index is 1.73. The summed E-state index contributed by atoms with van der Waals surface area (Å²) in [5.41, 5.74) is 3.17. The van der Waals surface area contributed by atoms with E-state index in [9.17, 15) is 9.59 Å². The third-order valence-corrected chi connectivity index (χ3v) is 8.02. The van der Waals surface area contributed by atoms with Gasteiger partial charge in [-0.25, -0.2) is 0 Å². The number of nitrogens with zero attached hydrogens (tertiary/aromatic N) is 3. The zero-order valence-electron chi connectivity index (χ0n) is 22.5.